The van der Waals surface area contributed by atoms with Gasteiger partial charge in [-0.15, -0.1) is 0 Å². The van der Waals surface area contributed by atoms with Gasteiger partial charge in [-0.3, -0.25) is 0 Å². The highest BCUT2D eigenvalue weighted by Crippen LogP contribution is 2.36. The molecule has 2 nitrogen and oxygen atoms in total. The van der Waals surface area contributed by atoms with Crippen molar-refractivity contribution in [3.8, 4) is 0 Å². The smallest absolute Gasteiger partial charge is 0.0622 e. The van der Waals surface area contributed by atoms with Gasteiger partial charge in [0.2, 0.25) is 0 Å². The Morgan fingerprint density at radius 3 is 2.05 bits per heavy atom. The summed E-state index contributed by atoms with van der Waals surface area (Å²) in [6.07, 6.45) is 5.90. The molecule has 0 aliphatic rings. The molecule has 114 valence electrons. The largest absolute Gasteiger partial charge is 0.390 e. The summed E-state index contributed by atoms with van der Waals surface area (Å²) in [5.74, 6) is 0.864. The summed E-state index contributed by atoms with van der Waals surface area (Å²) in [4.78, 5) is 2.92. The van der Waals surface area contributed by atoms with Crippen LogP contribution < -0.4 is 4.84 Å². The number of aliphatic hydroxyl groups is 1. The molecule has 0 heterocycles. The first kappa shape index (κ1) is 18.9. The van der Waals surface area contributed by atoms with Crippen LogP contribution in [0.15, 0.2) is 12.2 Å². The average Bonchev–Trinajstić information content (AvgIpc) is 2.25. The van der Waals surface area contributed by atoms with E-state index in [1.165, 1.54) is 0 Å². The predicted molar refractivity (Wildman–Crippen MR) is 85.2 cm³/mol. The van der Waals surface area contributed by atoms with Crippen molar-refractivity contribution < 1.29 is 5.11 Å². The van der Waals surface area contributed by atoms with E-state index in [9.17, 15) is 5.11 Å². The first-order chi connectivity index (χ1) is 8.55. The summed E-state index contributed by atoms with van der Waals surface area (Å²) in [5.41, 5.74) is -0.723. The van der Waals surface area contributed by atoms with E-state index in [0.717, 1.165) is 12.8 Å². The first-order valence-corrected chi connectivity index (χ1v) is 7.70. The van der Waals surface area contributed by atoms with Crippen molar-refractivity contribution in [2.45, 2.75) is 73.0 Å². The molecule has 2 N–H and O–H groups in total. The van der Waals surface area contributed by atoms with Crippen LogP contribution in [0.4, 0.5) is 0 Å². The van der Waals surface area contributed by atoms with Crippen LogP contribution in [0, 0.1) is 17.3 Å². The van der Waals surface area contributed by atoms with Gasteiger partial charge in [-0.25, -0.2) is 4.84 Å². The Balaban J connectivity index is 4.91. The molecular formula is C16H32ClNO. The number of rotatable bonds is 8. The lowest BCUT2D eigenvalue weighted by molar-refractivity contribution is -0.00105. The van der Waals surface area contributed by atoms with Crippen LogP contribution in [-0.2, 0) is 0 Å². The Hall–Kier alpha value is -0.0500. The summed E-state index contributed by atoms with van der Waals surface area (Å²) in [7, 11) is 0. The molecule has 0 aromatic carbocycles. The van der Waals surface area contributed by atoms with Crippen LogP contribution in [0.5, 0.6) is 0 Å². The minimum absolute atomic E-state index is 0.0814. The van der Waals surface area contributed by atoms with E-state index in [1.807, 2.05) is 13.8 Å². The third kappa shape index (κ3) is 6.78. The van der Waals surface area contributed by atoms with Gasteiger partial charge in [0.05, 0.1) is 5.60 Å². The summed E-state index contributed by atoms with van der Waals surface area (Å²) in [5, 5.41) is 10.3. The molecule has 0 aromatic rings. The van der Waals surface area contributed by atoms with E-state index < -0.39 is 5.60 Å². The number of hydrogen-bond donors (Lipinski definition) is 2. The minimum atomic E-state index is -0.642. The molecule has 19 heavy (non-hydrogen) atoms. The van der Waals surface area contributed by atoms with Crippen molar-refractivity contribution in [3.05, 3.63) is 12.2 Å². The van der Waals surface area contributed by atoms with E-state index in [2.05, 4.69) is 51.6 Å². The maximum atomic E-state index is 10.3. The zero-order chi connectivity index (χ0) is 15.3. The quantitative estimate of drug-likeness (QED) is 0.508. The highest BCUT2D eigenvalue weighted by Gasteiger charge is 2.37. The van der Waals surface area contributed by atoms with Gasteiger partial charge >= 0.3 is 0 Å². The standard InChI is InChI=1S/C16H32ClNO/c1-8-16(7,19)11-15(5,6)14(18-17)13(4)10-9-12(2)3/h9-10,12-14,18-19H,8,11H2,1-7H3. The van der Waals surface area contributed by atoms with Gasteiger partial charge in [0.25, 0.3) is 0 Å². The summed E-state index contributed by atoms with van der Waals surface area (Å²) in [6.45, 7) is 14.7. The second kappa shape index (κ2) is 7.66. The molecule has 0 saturated heterocycles. The maximum Gasteiger partial charge on any atom is 0.0622 e. The van der Waals surface area contributed by atoms with E-state index in [4.69, 9.17) is 11.8 Å². The third-order valence-corrected chi connectivity index (χ3v) is 4.12. The first-order valence-electron chi connectivity index (χ1n) is 7.32. The Morgan fingerprint density at radius 2 is 1.68 bits per heavy atom. The Bertz CT molecular complexity index is 284. The van der Waals surface area contributed by atoms with Crippen LogP contribution in [-0.4, -0.2) is 16.7 Å². The van der Waals surface area contributed by atoms with E-state index in [1.54, 1.807) is 0 Å². The Labute approximate surface area is 124 Å². The molecule has 3 atom stereocenters. The highest BCUT2D eigenvalue weighted by molar-refractivity contribution is 6.13. The van der Waals surface area contributed by atoms with Crippen molar-refractivity contribution in [2.75, 3.05) is 0 Å². The fourth-order valence-corrected chi connectivity index (χ4v) is 3.18. The molecule has 0 radical (unpaired) electrons. The lowest BCUT2D eigenvalue weighted by Crippen LogP contribution is -2.46. The van der Waals surface area contributed by atoms with Gasteiger partial charge in [0.1, 0.15) is 0 Å². The number of hydrogen-bond acceptors (Lipinski definition) is 2. The fourth-order valence-electron chi connectivity index (χ4n) is 2.68. The van der Waals surface area contributed by atoms with Gasteiger partial charge in [0, 0.05) is 6.04 Å². The van der Waals surface area contributed by atoms with Crippen molar-refractivity contribution >= 4 is 11.8 Å². The van der Waals surface area contributed by atoms with Gasteiger partial charge in [-0.1, -0.05) is 53.7 Å². The lowest BCUT2D eigenvalue weighted by Gasteiger charge is -2.40. The molecule has 3 unspecified atom stereocenters. The fraction of sp³-hybridized carbons (Fsp3) is 0.875. The number of nitrogens with one attached hydrogen (secondary N) is 1. The second-order valence-corrected chi connectivity index (χ2v) is 7.31. The molecule has 0 aromatic heterocycles. The normalized spacial score (nSPS) is 19.7. The van der Waals surface area contributed by atoms with Crippen molar-refractivity contribution in [1.29, 1.82) is 0 Å². The third-order valence-electron chi connectivity index (χ3n) is 3.88. The number of allylic oxidation sites excluding steroid dienone is 1. The lowest BCUT2D eigenvalue weighted by atomic mass is 9.71. The molecule has 3 heteroatoms. The zero-order valence-corrected chi connectivity index (χ0v) is 14.4. The van der Waals surface area contributed by atoms with Gasteiger partial charge in [-0.2, -0.15) is 0 Å². The maximum absolute atomic E-state index is 10.3. The number of halogens is 1. The Kier molecular flexibility index (Phi) is 7.64. The van der Waals surface area contributed by atoms with Crippen molar-refractivity contribution in [1.82, 2.24) is 4.84 Å². The van der Waals surface area contributed by atoms with Crippen LogP contribution in [0.25, 0.3) is 0 Å². The van der Waals surface area contributed by atoms with E-state index in [-0.39, 0.29) is 11.5 Å². The summed E-state index contributed by atoms with van der Waals surface area (Å²) >= 11 is 5.97. The molecule has 0 amide bonds. The SMILES string of the molecule is CCC(C)(O)CC(C)(C)C(NCl)C(C)C=CC(C)C. The van der Waals surface area contributed by atoms with E-state index in [0.29, 0.717) is 11.8 Å². The van der Waals surface area contributed by atoms with Crippen molar-refractivity contribution in [2.24, 2.45) is 17.3 Å². The molecule has 0 bridgehead atoms. The Morgan fingerprint density at radius 1 is 1.16 bits per heavy atom. The van der Waals surface area contributed by atoms with Crippen LogP contribution >= 0.6 is 11.8 Å². The van der Waals surface area contributed by atoms with Crippen LogP contribution in [0.1, 0.15) is 61.3 Å². The van der Waals surface area contributed by atoms with Crippen LogP contribution in [0.3, 0.4) is 0 Å². The molecule has 0 aliphatic carbocycles. The van der Waals surface area contributed by atoms with Gasteiger partial charge < -0.3 is 5.11 Å². The molecule has 0 aliphatic heterocycles. The average molecular weight is 290 g/mol. The van der Waals surface area contributed by atoms with Gasteiger partial charge in [0.15, 0.2) is 0 Å². The minimum Gasteiger partial charge on any atom is -0.390 e. The monoisotopic (exact) mass is 289 g/mol. The molecule has 0 rings (SSSR count). The second-order valence-electron chi connectivity index (χ2n) is 7.09. The topological polar surface area (TPSA) is 32.3 Å². The summed E-state index contributed by atoms with van der Waals surface area (Å²) in [6, 6.07) is 0.127. The predicted octanol–water partition coefficient (Wildman–Crippen LogP) is 4.52. The molecular weight excluding hydrogens is 258 g/mol. The molecule has 0 fully saturated rings. The molecule has 0 saturated carbocycles. The van der Waals surface area contributed by atoms with Crippen LogP contribution in [0.2, 0.25) is 0 Å². The zero-order valence-electron chi connectivity index (χ0n) is 13.6. The summed E-state index contributed by atoms with van der Waals surface area (Å²) < 4.78 is 0. The highest BCUT2D eigenvalue weighted by atomic mass is 35.5. The van der Waals surface area contributed by atoms with Gasteiger partial charge in [-0.05, 0) is 48.8 Å². The van der Waals surface area contributed by atoms with Crippen molar-refractivity contribution in [3.63, 3.8) is 0 Å². The molecule has 0 spiro atoms. The van der Waals surface area contributed by atoms with E-state index >= 15 is 0 Å².